The van der Waals surface area contributed by atoms with E-state index in [-0.39, 0.29) is 30.7 Å². The highest BCUT2D eigenvalue weighted by Crippen LogP contribution is 2.16. The first kappa shape index (κ1) is 24.2. The topological polar surface area (TPSA) is 69.8 Å². The van der Waals surface area contributed by atoms with Crippen molar-refractivity contribution in [1.82, 2.24) is 9.80 Å². The first-order valence-electron chi connectivity index (χ1n) is 9.20. The van der Waals surface area contributed by atoms with Crippen molar-refractivity contribution >= 4 is 36.4 Å². The lowest BCUT2D eigenvalue weighted by atomic mass is 10.1. The molecule has 1 atom stereocenters. The normalized spacial score (nSPS) is 15.2. The molecule has 28 heavy (non-hydrogen) atoms. The number of anilines is 1. The summed E-state index contributed by atoms with van der Waals surface area (Å²) in [6.07, 6.45) is 0.679. The van der Waals surface area contributed by atoms with Gasteiger partial charge in [0.1, 0.15) is 0 Å². The lowest BCUT2D eigenvalue weighted by Gasteiger charge is -2.35. The molecule has 2 aromatic carbocycles. The van der Waals surface area contributed by atoms with Crippen molar-refractivity contribution in [2.45, 2.75) is 18.9 Å². The standard InChI is InChI=1S/C21H27N3O2.2ClH/c22-19-9-5-4-6-17(19)10-11-21(26)24-14-12-23(13-15-24)16-20(25)18-7-2-1-3-8-18;;/h1-9,20,25H,10-16,22H2;2*1H. The summed E-state index contributed by atoms with van der Waals surface area (Å²) in [7, 11) is 0. The fourth-order valence-electron chi connectivity index (χ4n) is 3.37. The number of benzene rings is 2. The summed E-state index contributed by atoms with van der Waals surface area (Å²) in [6, 6.07) is 17.4. The number of piperazine rings is 1. The number of carbonyl (C=O) groups is 1. The second-order valence-corrected chi connectivity index (χ2v) is 6.81. The number of halogens is 2. The van der Waals surface area contributed by atoms with E-state index in [2.05, 4.69) is 4.90 Å². The van der Waals surface area contributed by atoms with Crippen molar-refractivity contribution in [3.8, 4) is 0 Å². The monoisotopic (exact) mass is 425 g/mol. The molecule has 1 fully saturated rings. The van der Waals surface area contributed by atoms with Gasteiger partial charge < -0.3 is 15.7 Å². The molecule has 1 saturated heterocycles. The Morgan fingerprint density at radius 1 is 0.964 bits per heavy atom. The van der Waals surface area contributed by atoms with E-state index in [4.69, 9.17) is 5.73 Å². The van der Waals surface area contributed by atoms with Gasteiger partial charge in [-0.25, -0.2) is 0 Å². The van der Waals surface area contributed by atoms with Crippen LogP contribution in [0.25, 0.3) is 0 Å². The van der Waals surface area contributed by atoms with Crippen molar-refractivity contribution in [3.05, 3.63) is 65.7 Å². The summed E-state index contributed by atoms with van der Waals surface area (Å²) < 4.78 is 0. The number of rotatable bonds is 6. The molecule has 5 nitrogen and oxygen atoms in total. The molecule has 3 N–H and O–H groups in total. The molecule has 1 amide bonds. The van der Waals surface area contributed by atoms with Gasteiger partial charge in [0.15, 0.2) is 0 Å². The third-order valence-electron chi connectivity index (χ3n) is 5.00. The molecule has 0 saturated carbocycles. The van der Waals surface area contributed by atoms with Crippen LogP contribution in [0.3, 0.4) is 0 Å². The predicted molar refractivity (Wildman–Crippen MR) is 118 cm³/mol. The zero-order chi connectivity index (χ0) is 18.4. The second-order valence-electron chi connectivity index (χ2n) is 6.81. The molecular formula is C21H29Cl2N3O2. The molecular weight excluding hydrogens is 397 g/mol. The Morgan fingerprint density at radius 2 is 1.57 bits per heavy atom. The predicted octanol–water partition coefficient (Wildman–Crippen LogP) is 2.92. The zero-order valence-corrected chi connectivity index (χ0v) is 17.5. The van der Waals surface area contributed by atoms with Gasteiger partial charge in [-0.1, -0.05) is 48.5 Å². The van der Waals surface area contributed by atoms with Crippen molar-refractivity contribution in [2.24, 2.45) is 0 Å². The van der Waals surface area contributed by atoms with Gasteiger partial charge in [0.2, 0.25) is 5.91 Å². The molecule has 1 heterocycles. The number of aryl methyl sites for hydroxylation is 1. The Kier molecular flexibility index (Phi) is 10.3. The van der Waals surface area contributed by atoms with Gasteiger partial charge in [-0.05, 0) is 23.6 Å². The van der Waals surface area contributed by atoms with Crippen molar-refractivity contribution in [1.29, 1.82) is 0 Å². The van der Waals surface area contributed by atoms with E-state index in [1.165, 1.54) is 0 Å². The molecule has 0 bridgehead atoms. The van der Waals surface area contributed by atoms with Crippen molar-refractivity contribution in [3.63, 3.8) is 0 Å². The van der Waals surface area contributed by atoms with Crippen LogP contribution in [0.4, 0.5) is 5.69 Å². The van der Waals surface area contributed by atoms with Crippen LogP contribution < -0.4 is 5.73 Å². The van der Waals surface area contributed by atoms with Gasteiger partial charge in [0.25, 0.3) is 0 Å². The van der Waals surface area contributed by atoms with Crippen molar-refractivity contribution < 1.29 is 9.90 Å². The molecule has 1 unspecified atom stereocenters. The van der Waals surface area contributed by atoms with Crippen LogP contribution in [0.15, 0.2) is 54.6 Å². The summed E-state index contributed by atoms with van der Waals surface area (Å²) in [5.74, 6) is 0.177. The molecule has 7 heteroatoms. The van der Waals surface area contributed by atoms with E-state index in [0.717, 1.165) is 29.9 Å². The van der Waals surface area contributed by atoms with Gasteiger partial charge in [0, 0.05) is 44.8 Å². The Labute approximate surface area is 179 Å². The number of carbonyl (C=O) groups excluding carboxylic acids is 1. The Morgan fingerprint density at radius 3 is 2.21 bits per heavy atom. The summed E-state index contributed by atoms with van der Waals surface area (Å²) in [4.78, 5) is 16.6. The van der Waals surface area contributed by atoms with E-state index in [0.29, 0.717) is 32.5 Å². The molecule has 3 rings (SSSR count). The smallest absolute Gasteiger partial charge is 0.222 e. The Hall–Kier alpha value is -1.79. The van der Waals surface area contributed by atoms with E-state index in [1.54, 1.807) is 0 Å². The van der Waals surface area contributed by atoms with Gasteiger partial charge in [0.05, 0.1) is 6.10 Å². The number of nitrogen functional groups attached to an aromatic ring is 1. The van der Waals surface area contributed by atoms with Crippen LogP contribution in [-0.2, 0) is 11.2 Å². The average Bonchev–Trinajstić information content (AvgIpc) is 2.68. The SMILES string of the molecule is Cl.Cl.Nc1ccccc1CCC(=O)N1CCN(CC(O)c2ccccc2)CC1. The third kappa shape index (κ3) is 6.67. The third-order valence-corrected chi connectivity index (χ3v) is 5.00. The number of aliphatic hydroxyl groups is 1. The van der Waals surface area contributed by atoms with E-state index in [1.807, 2.05) is 59.5 Å². The number of amides is 1. The summed E-state index contributed by atoms with van der Waals surface area (Å²) in [5.41, 5.74) is 8.66. The summed E-state index contributed by atoms with van der Waals surface area (Å²) >= 11 is 0. The molecule has 1 aliphatic rings. The van der Waals surface area contributed by atoms with E-state index >= 15 is 0 Å². The quantitative estimate of drug-likeness (QED) is 0.697. The highest BCUT2D eigenvalue weighted by Gasteiger charge is 2.22. The molecule has 2 aromatic rings. The Balaban J connectivity index is 0.00000196. The van der Waals surface area contributed by atoms with Crippen LogP contribution in [-0.4, -0.2) is 53.5 Å². The van der Waals surface area contributed by atoms with E-state index in [9.17, 15) is 9.90 Å². The number of para-hydroxylation sites is 1. The highest BCUT2D eigenvalue weighted by molar-refractivity contribution is 5.85. The van der Waals surface area contributed by atoms with Crippen LogP contribution in [0.5, 0.6) is 0 Å². The summed E-state index contributed by atoms with van der Waals surface area (Å²) in [5, 5.41) is 10.4. The Bertz CT molecular complexity index is 723. The zero-order valence-electron chi connectivity index (χ0n) is 15.9. The van der Waals surface area contributed by atoms with E-state index < -0.39 is 6.10 Å². The summed E-state index contributed by atoms with van der Waals surface area (Å²) in [6.45, 7) is 3.62. The van der Waals surface area contributed by atoms with Gasteiger partial charge in [-0.15, -0.1) is 24.8 Å². The van der Waals surface area contributed by atoms with Crippen LogP contribution >= 0.6 is 24.8 Å². The van der Waals surface area contributed by atoms with Crippen LogP contribution in [0.2, 0.25) is 0 Å². The van der Waals surface area contributed by atoms with Gasteiger partial charge >= 0.3 is 0 Å². The highest BCUT2D eigenvalue weighted by atomic mass is 35.5. The second kappa shape index (κ2) is 11.9. The van der Waals surface area contributed by atoms with Crippen LogP contribution in [0, 0.1) is 0 Å². The number of β-amino-alcohol motifs (C(OH)–C–C–N with tert-alkyl or cyclic N) is 1. The fourth-order valence-corrected chi connectivity index (χ4v) is 3.37. The molecule has 154 valence electrons. The number of hydrogen-bond donors (Lipinski definition) is 2. The minimum Gasteiger partial charge on any atom is -0.399 e. The minimum absolute atomic E-state index is 0. The van der Waals surface area contributed by atoms with Crippen molar-refractivity contribution in [2.75, 3.05) is 38.5 Å². The van der Waals surface area contributed by atoms with Crippen LogP contribution in [0.1, 0.15) is 23.7 Å². The molecule has 0 aromatic heterocycles. The maximum atomic E-state index is 12.5. The maximum Gasteiger partial charge on any atom is 0.222 e. The minimum atomic E-state index is -0.487. The first-order valence-corrected chi connectivity index (χ1v) is 9.20. The largest absolute Gasteiger partial charge is 0.399 e. The first-order chi connectivity index (χ1) is 12.6. The number of nitrogens with zero attached hydrogens (tertiary/aromatic N) is 2. The average molecular weight is 426 g/mol. The molecule has 1 aliphatic heterocycles. The van der Waals surface area contributed by atoms with Gasteiger partial charge in [-0.3, -0.25) is 9.69 Å². The number of hydrogen-bond acceptors (Lipinski definition) is 4. The number of nitrogens with two attached hydrogens (primary N) is 1. The fraction of sp³-hybridized carbons (Fsp3) is 0.381. The lowest BCUT2D eigenvalue weighted by molar-refractivity contribution is -0.133. The van der Waals surface area contributed by atoms with Gasteiger partial charge in [-0.2, -0.15) is 0 Å². The maximum absolute atomic E-state index is 12.5. The molecule has 0 radical (unpaired) electrons. The number of aliphatic hydroxyl groups excluding tert-OH is 1. The molecule has 0 aliphatic carbocycles. The lowest BCUT2D eigenvalue weighted by Crippen LogP contribution is -2.49. The molecule has 0 spiro atoms.